The van der Waals surface area contributed by atoms with Gasteiger partial charge in [0.2, 0.25) is 0 Å². The summed E-state index contributed by atoms with van der Waals surface area (Å²) in [4.78, 5) is 22.4. The highest BCUT2D eigenvalue weighted by molar-refractivity contribution is 5.92. The lowest BCUT2D eigenvalue weighted by Crippen LogP contribution is -2.20. The number of amides is 1. The van der Waals surface area contributed by atoms with Crippen LogP contribution in [0.25, 0.3) is 11.6 Å². The van der Waals surface area contributed by atoms with Crippen molar-refractivity contribution >= 4 is 28.9 Å². The average Bonchev–Trinajstić information content (AvgIpc) is 2.77. The molecule has 0 aliphatic heterocycles. The minimum atomic E-state index is -0.497. The molecule has 0 heterocycles. The normalized spacial score (nSPS) is 10.7. The largest absolute Gasteiger partial charge is 0.483 e. The Bertz CT molecular complexity index is 1120. The predicted octanol–water partition coefficient (Wildman–Crippen LogP) is 4.68. The lowest BCUT2D eigenvalue weighted by Gasteiger charge is -2.10. The van der Waals surface area contributed by atoms with Gasteiger partial charge in [-0.25, -0.2) is 0 Å². The fourth-order valence-corrected chi connectivity index (χ4v) is 2.69. The van der Waals surface area contributed by atoms with Crippen LogP contribution in [0.1, 0.15) is 11.1 Å². The lowest BCUT2D eigenvalue weighted by molar-refractivity contribution is -0.384. The molecule has 0 aliphatic rings. The van der Waals surface area contributed by atoms with E-state index in [1.54, 1.807) is 42.5 Å². The topological polar surface area (TPSA) is 105 Å². The quantitative estimate of drug-likeness (QED) is 0.269. The van der Waals surface area contributed by atoms with Gasteiger partial charge in [0.15, 0.2) is 6.61 Å². The van der Waals surface area contributed by atoms with E-state index >= 15 is 0 Å². The smallest absolute Gasteiger partial charge is 0.269 e. The van der Waals surface area contributed by atoms with Crippen LogP contribution >= 0.6 is 0 Å². The number of nitro benzene ring substituents is 1. The van der Waals surface area contributed by atoms with E-state index in [2.05, 4.69) is 11.4 Å². The van der Waals surface area contributed by atoms with Crippen LogP contribution in [-0.2, 0) is 4.79 Å². The number of carbonyl (C=O) groups is 1. The van der Waals surface area contributed by atoms with E-state index in [-0.39, 0.29) is 18.2 Å². The van der Waals surface area contributed by atoms with Gasteiger partial charge in [0.25, 0.3) is 11.6 Å². The molecule has 3 rings (SSSR count). The number of para-hydroxylation sites is 2. The number of non-ortho nitro benzene ring substituents is 1. The molecule has 0 saturated heterocycles. The summed E-state index contributed by atoms with van der Waals surface area (Å²) in [5, 5.41) is 23.1. The van der Waals surface area contributed by atoms with Crippen molar-refractivity contribution in [3.05, 3.63) is 100 Å². The molecule has 148 valence electrons. The van der Waals surface area contributed by atoms with Crippen molar-refractivity contribution in [2.45, 2.75) is 0 Å². The molecule has 3 aromatic carbocycles. The summed E-state index contributed by atoms with van der Waals surface area (Å²) >= 11 is 0. The average molecular weight is 399 g/mol. The van der Waals surface area contributed by atoms with Gasteiger partial charge >= 0.3 is 0 Å². The summed E-state index contributed by atoms with van der Waals surface area (Å²) in [7, 11) is 0. The minimum Gasteiger partial charge on any atom is -0.483 e. The number of ether oxygens (including phenoxy) is 1. The number of hydrogen-bond acceptors (Lipinski definition) is 5. The number of nitriles is 1. The van der Waals surface area contributed by atoms with Crippen molar-refractivity contribution in [3.63, 3.8) is 0 Å². The van der Waals surface area contributed by atoms with Crippen molar-refractivity contribution in [2.75, 3.05) is 11.9 Å². The van der Waals surface area contributed by atoms with Gasteiger partial charge in [0, 0.05) is 23.4 Å². The molecule has 0 atom stereocenters. The van der Waals surface area contributed by atoms with E-state index in [0.717, 1.165) is 0 Å². The van der Waals surface area contributed by atoms with Crippen LogP contribution in [0.5, 0.6) is 5.75 Å². The summed E-state index contributed by atoms with van der Waals surface area (Å²) in [5.41, 5.74) is 2.09. The SMILES string of the molecule is N#C/C(=C\c1ccccc1OCC(=O)Nc1ccccc1)c1ccc([N+](=O)[O-])cc1. The Morgan fingerprint density at radius 3 is 2.37 bits per heavy atom. The monoisotopic (exact) mass is 399 g/mol. The van der Waals surface area contributed by atoms with Crippen LogP contribution < -0.4 is 10.1 Å². The second-order valence-corrected chi connectivity index (χ2v) is 6.21. The number of hydrogen-bond donors (Lipinski definition) is 1. The van der Waals surface area contributed by atoms with Crippen LogP contribution in [0.4, 0.5) is 11.4 Å². The number of anilines is 1. The Kier molecular flexibility index (Phi) is 6.54. The summed E-state index contributed by atoms with van der Waals surface area (Å²) in [6.07, 6.45) is 1.62. The van der Waals surface area contributed by atoms with E-state index < -0.39 is 4.92 Å². The van der Waals surface area contributed by atoms with Crippen molar-refractivity contribution in [2.24, 2.45) is 0 Å². The molecule has 0 spiro atoms. The van der Waals surface area contributed by atoms with E-state index in [9.17, 15) is 20.2 Å². The standard InChI is InChI=1S/C23H17N3O4/c24-15-19(17-10-12-21(13-11-17)26(28)29)14-18-6-4-5-9-22(18)30-16-23(27)25-20-7-2-1-3-8-20/h1-14H,16H2,(H,25,27)/b19-14+. The first kappa shape index (κ1) is 20.3. The summed E-state index contributed by atoms with van der Waals surface area (Å²) in [5.74, 6) is 0.131. The maximum atomic E-state index is 12.1. The molecule has 0 bridgehead atoms. The molecule has 0 saturated carbocycles. The van der Waals surface area contributed by atoms with Crippen molar-refractivity contribution in [3.8, 4) is 11.8 Å². The molecule has 7 nitrogen and oxygen atoms in total. The number of allylic oxidation sites excluding steroid dienone is 1. The van der Waals surface area contributed by atoms with Crippen molar-refractivity contribution in [1.29, 1.82) is 5.26 Å². The number of benzene rings is 3. The molecule has 0 fully saturated rings. The molecule has 0 unspecified atom stereocenters. The molecule has 3 aromatic rings. The van der Waals surface area contributed by atoms with Crippen LogP contribution in [0.3, 0.4) is 0 Å². The van der Waals surface area contributed by atoms with Gasteiger partial charge in [0.1, 0.15) is 5.75 Å². The minimum absolute atomic E-state index is 0.0517. The molecule has 0 aliphatic carbocycles. The Hall–Kier alpha value is -4.44. The Labute approximate surface area is 173 Å². The highest BCUT2D eigenvalue weighted by atomic mass is 16.6. The number of nitrogens with one attached hydrogen (secondary N) is 1. The fraction of sp³-hybridized carbons (Fsp3) is 0.0435. The highest BCUT2D eigenvalue weighted by Gasteiger charge is 2.10. The zero-order chi connectivity index (χ0) is 21.3. The van der Waals surface area contributed by atoms with Crippen LogP contribution in [0.15, 0.2) is 78.9 Å². The van der Waals surface area contributed by atoms with Gasteiger partial charge in [-0.05, 0) is 42.0 Å². The number of carbonyl (C=O) groups excluding carboxylic acids is 1. The number of rotatable bonds is 7. The summed E-state index contributed by atoms with van der Waals surface area (Å²) < 4.78 is 5.65. The third kappa shape index (κ3) is 5.30. The maximum Gasteiger partial charge on any atom is 0.269 e. The number of nitrogens with zero attached hydrogens (tertiary/aromatic N) is 2. The van der Waals surface area contributed by atoms with Gasteiger partial charge in [-0.1, -0.05) is 36.4 Å². The van der Waals surface area contributed by atoms with Crippen LogP contribution in [0.2, 0.25) is 0 Å². The summed E-state index contributed by atoms with van der Waals surface area (Å²) in [6, 6.07) is 23.9. The third-order valence-electron chi connectivity index (χ3n) is 4.14. The Balaban J connectivity index is 1.75. The molecule has 30 heavy (non-hydrogen) atoms. The number of nitro groups is 1. The van der Waals surface area contributed by atoms with Gasteiger partial charge in [-0.15, -0.1) is 0 Å². The van der Waals surface area contributed by atoms with Gasteiger partial charge < -0.3 is 10.1 Å². The second-order valence-electron chi connectivity index (χ2n) is 6.21. The van der Waals surface area contributed by atoms with E-state index in [0.29, 0.717) is 28.1 Å². The lowest BCUT2D eigenvalue weighted by atomic mass is 10.0. The highest BCUT2D eigenvalue weighted by Crippen LogP contribution is 2.25. The van der Waals surface area contributed by atoms with Crippen molar-refractivity contribution in [1.82, 2.24) is 0 Å². The van der Waals surface area contributed by atoms with Gasteiger partial charge in [0.05, 0.1) is 16.6 Å². The third-order valence-corrected chi connectivity index (χ3v) is 4.14. The van der Waals surface area contributed by atoms with Crippen LogP contribution in [0, 0.1) is 21.4 Å². The molecular formula is C23H17N3O4. The molecule has 1 N–H and O–H groups in total. The first-order valence-electron chi connectivity index (χ1n) is 9.00. The van der Waals surface area contributed by atoms with Crippen molar-refractivity contribution < 1.29 is 14.5 Å². The zero-order valence-corrected chi connectivity index (χ0v) is 15.8. The van der Waals surface area contributed by atoms with E-state index in [1.807, 2.05) is 18.2 Å². The first-order chi connectivity index (χ1) is 14.6. The predicted molar refractivity (Wildman–Crippen MR) is 114 cm³/mol. The second kappa shape index (κ2) is 9.66. The first-order valence-corrected chi connectivity index (χ1v) is 9.00. The molecule has 1 amide bonds. The Morgan fingerprint density at radius 1 is 1.03 bits per heavy atom. The molecule has 0 aromatic heterocycles. The maximum absolute atomic E-state index is 12.1. The van der Waals surface area contributed by atoms with E-state index in [1.165, 1.54) is 24.3 Å². The fourth-order valence-electron chi connectivity index (χ4n) is 2.69. The summed E-state index contributed by atoms with van der Waals surface area (Å²) in [6.45, 7) is -0.195. The zero-order valence-electron chi connectivity index (χ0n) is 15.8. The molecule has 7 heteroatoms. The van der Waals surface area contributed by atoms with Crippen LogP contribution in [-0.4, -0.2) is 17.4 Å². The molecular weight excluding hydrogens is 382 g/mol. The van der Waals surface area contributed by atoms with Gasteiger partial charge in [-0.2, -0.15) is 5.26 Å². The van der Waals surface area contributed by atoms with E-state index in [4.69, 9.17) is 4.74 Å². The molecule has 0 radical (unpaired) electrons. The Morgan fingerprint density at radius 2 is 1.70 bits per heavy atom. The van der Waals surface area contributed by atoms with Gasteiger partial charge in [-0.3, -0.25) is 14.9 Å².